The number of nitrogens with zero attached hydrogens (tertiary/aromatic N) is 5. The van der Waals surface area contributed by atoms with Gasteiger partial charge in [-0.25, -0.2) is 9.97 Å². The molecule has 6 heterocycles. The molecule has 0 fully saturated rings. The van der Waals surface area contributed by atoms with E-state index in [-0.39, 0.29) is 10.8 Å². The van der Waals surface area contributed by atoms with Crippen LogP contribution in [-0.2, 0) is 10.8 Å². The van der Waals surface area contributed by atoms with Crippen LogP contribution in [-0.4, -0.2) is 23.3 Å². The molecule has 0 aliphatic carbocycles. The summed E-state index contributed by atoms with van der Waals surface area (Å²) in [6, 6.07) is 61.0. The van der Waals surface area contributed by atoms with Crippen LogP contribution in [0, 0.1) is 0 Å². The standard InChI is InChI=1S/C62H45N5/c1-61(2,3)37-30-44(36-25-27-51-45(28-36)42-22-14-15-23-50(42)65(51)39-18-8-7-9-19-39)56-47(32-37)52-40-20-12-11-17-35(40)29-48-53-60(67(56)58(48)52)64-54-49-33-38(62(4,5)6)31-46-43-26-24-34-16-10-13-21-41(34)55(43)66(57(46)49)59(54)63-53/h7-33H,1-6H3. The predicted molar refractivity (Wildman–Crippen MR) is 284 cm³/mol. The number of aromatic nitrogens is 5. The quantitative estimate of drug-likeness (QED) is 0.174. The highest BCUT2D eigenvalue weighted by atomic mass is 15.1. The Bertz CT molecular complexity index is 4620. The normalized spacial score (nSPS) is 13.2. The minimum absolute atomic E-state index is 0.0732. The third-order valence-corrected chi connectivity index (χ3v) is 15.1. The Balaban J connectivity index is 1.14. The highest BCUT2D eigenvalue weighted by Gasteiger charge is 2.30. The first-order chi connectivity index (χ1) is 32.5. The second-order valence-corrected chi connectivity index (χ2v) is 21.1. The Morgan fingerprint density at radius 2 is 0.955 bits per heavy atom. The van der Waals surface area contributed by atoms with Crippen molar-refractivity contribution in [3.63, 3.8) is 0 Å². The Labute approximate surface area is 385 Å². The van der Waals surface area contributed by atoms with Gasteiger partial charge in [-0.2, -0.15) is 0 Å². The zero-order valence-corrected chi connectivity index (χ0v) is 38.3. The van der Waals surface area contributed by atoms with Crippen LogP contribution in [0.25, 0.3) is 137 Å². The third kappa shape index (κ3) is 4.78. The molecule has 318 valence electrons. The summed E-state index contributed by atoms with van der Waals surface area (Å²) in [6.45, 7) is 13.9. The highest BCUT2D eigenvalue weighted by molar-refractivity contribution is 6.33. The average Bonchev–Trinajstić information content (AvgIpc) is 4.12. The molecule has 0 N–H and O–H groups in total. The largest absolute Gasteiger partial charge is 0.309 e. The van der Waals surface area contributed by atoms with E-state index in [4.69, 9.17) is 9.97 Å². The Hall–Kier alpha value is -8.02. The van der Waals surface area contributed by atoms with E-state index in [2.05, 4.69) is 219 Å². The zero-order valence-electron chi connectivity index (χ0n) is 38.3. The molecule has 5 nitrogen and oxygen atoms in total. The maximum Gasteiger partial charge on any atom is 0.165 e. The SMILES string of the molecule is CC(C)(C)c1cc(-c2ccc3c(c2)c2ccccc2n3-c2ccccc2)c2c(c1)c1c3ccccc3cc3c4nc5c(nc4n2c31)c1cc(C(C)(C)C)cc2c3ccc4ccccc4c3n5c21. The molecule has 15 rings (SSSR count). The van der Waals surface area contributed by atoms with Gasteiger partial charge in [0.25, 0.3) is 0 Å². The van der Waals surface area contributed by atoms with E-state index in [0.717, 1.165) is 38.8 Å². The van der Waals surface area contributed by atoms with Crippen molar-refractivity contribution < 1.29 is 0 Å². The summed E-state index contributed by atoms with van der Waals surface area (Å²) in [4.78, 5) is 11.8. The predicted octanol–water partition coefficient (Wildman–Crippen LogP) is 16.4. The Morgan fingerprint density at radius 1 is 0.373 bits per heavy atom. The molecule has 0 atom stereocenters. The van der Waals surface area contributed by atoms with Crippen LogP contribution in [0.15, 0.2) is 164 Å². The van der Waals surface area contributed by atoms with E-state index in [1.54, 1.807) is 0 Å². The maximum absolute atomic E-state index is 5.92. The van der Waals surface area contributed by atoms with Gasteiger partial charge in [-0.05, 0) is 104 Å². The van der Waals surface area contributed by atoms with Crippen LogP contribution >= 0.6 is 0 Å². The van der Waals surface area contributed by atoms with Gasteiger partial charge < -0.3 is 4.57 Å². The summed E-state index contributed by atoms with van der Waals surface area (Å²) in [6.07, 6.45) is 0. The fourth-order valence-electron chi connectivity index (χ4n) is 11.9. The fourth-order valence-corrected chi connectivity index (χ4v) is 11.9. The van der Waals surface area contributed by atoms with Crippen molar-refractivity contribution in [2.75, 3.05) is 0 Å². The molecule has 5 heteroatoms. The number of benzene rings is 9. The fraction of sp³-hybridized carbons (Fsp3) is 0.129. The third-order valence-electron chi connectivity index (χ3n) is 15.1. The van der Waals surface area contributed by atoms with E-state index in [1.165, 1.54) is 109 Å². The van der Waals surface area contributed by atoms with Crippen LogP contribution in [0.4, 0.5) is 0 Å². The van der Waals surface area contributed by atoms with Crippen LogP contribution in [0.2, 0.25) is 0 Å². The number of rotatable bonds is 2. The molecule has 0 spiro atoms. The van der Waals surface area contributed by atoms with Gasteiger partial charge in [0.15, 0.2) is 11.3 Å². The molecule has 0 unspecified atom stereocenters. The topological polar surface area (TPSA) is 39.5 Å². The molecule has 0 aliphatic rings. The second kappa shape index (κ2) is 12.4. The smallest absolute Gasteiger partial charge is 0.165 e. The van der Waals surface area contributed by atoms with Crippen molar-refractivity contribution in [3.05, 3.63) is 175 Å². The Morgan fingerprint density at radius 3 is 1.72 bits per heavy atom. The van der Waals surface area contributed by atoms with Crippen LogP contribution < -0.4 is 0 Å². The summed E-state index contributed by atoms with van der Waals surface area (Å²) in [5.41, 5.74) is 16.7. The van der Waals surface area contributed by atoms with Crippen LogP contribution in [0.5, 0.6) is 0 Å². The van der Waals surface area contributed by atoms with Gasteiger partial charge in [0.2, 0.25) is 0 Å². The van der Waals surface area contributed by atoms with E-state index < -0.39 is 0 Å². The highest BCUT2D eigenvalue weighted by Crippen LogP contribution is 2.49. The van der Waals surface area contributed by atoms with Gasteiger partial charge in [0.05, 0.1) is 33.1 Å². The lowest BCUT2D eigenvalue weighted by molar-refractivity contribution is 0.591. The minimum atomic E-state index is -0.106. The van der Waals surface area contributed by atoms with Gasteiger partial charge >= 0.3 is 0 Å². The lowest BCUT2D eigenvalue weighted by Gasteiger charge is -2.21. The molecule has 9 aromatic carbocycles. The number of hydrogen-bond acceptors (Lipinski definition) is 2. The molecule has 0 saturated carbocycles. The summed E-state index contributed by atoms with van der Waals surface area (Å²) in [5.74, 6) is 0. The lowest BCUT2D eigenvalue weighted by atomic mass is 9.83. The minimum Gasteiger partial charge on any atom is -0.309 e. The number of fused-ring (bicyclic) bond motifs is 19. The monoisotopic (exact) mass is 859 g/mol. The van der Waals surface area contributed by atoms with Crippen molar-refractivity contribution in [1.29, 1.82) is 0 Å². The molecular weight excluding hydrogens is 815 g/mol. The molecular formula is C62H45N5. The molecule has 0 bridgehead atoms. The van der Waals surface area contributed by atoms with E-state index >= 15 is 0 Å². The first-order valence-corrected chi connectivity index (χ1v) is 23.6. The first kappa shape index (κ1) is 37.2. The molecule has 6 aromatic heterocycles. The van der Waals surface area contributed by atoms with E-state index in [0.29, 0.717) is 0 Å². The van der Waals surface area contributed by atoms with Gasteiger partial charge in [-0.1, -0.05) is 145 Å². The summed E-state index contributed by atoms with van der Waals surface area (Å²) < 4.78 is 7.32. The van der Waals surface area contributed by atoms with Crippen molar-refractivity contribution in [1.82, 2.24) is 23.3 Å². The van der Waals surface area contributed by atoms with E-state index in [1.807, 2.05) is 0 Å². The summed E-state index contributed by atoms with van der Waals surface area (Å²) in [7, 11) is 0. The molecule has 67 heavy (non-hydrogen) atoms. The van der Waals surface area contributed by atoms with Gasteiger partial charge in [-0.3, -0.25) is 8.80 Å². The van der Waals surface area contributed by atoms with Gasteiger partial charge in [0, 0.05) is 59.7 Å². The van der Waals surface area contributed by atoms with Crippen molar-refractivity contribution in [2.45, 2.75) is 52.4 Å². The molecule has 0 radical (unpaired) electrons. The Kier molecular flexibility index (Phi) is 6.92. The van der Waals surface area contributed by atoms with Gasteiger partial charge in [0.1, 0.15) is 11.0 Å². The van der Waals surface area contributed by atoms with Crippen LogP contribution in [0.3, 0.4) is 0 Å². The van der Waals surface area contributed by atoms with Crippen molar-refractivity contribution in [2.24, 2.45) is 0 Å². The van der Waals surface area contributed by atoms with Crippen molar-refractivity contribution in [3.8, 4) is 16.8 Å². The first-order valence-electron chi connectivity index (χ1n) is 23.6. The average molecular weight is 860 g/mol. The molecule has 0 aliphatic heterocycles. The summed E-state index contributed by atoms with van der Waals surface area (Å²) >= 11 is 0. The van der Waals surface area contributed by atoms with Gasteiger partial charge in [-0.15, -0.1) is 0 Å². The van der Waals surface area contributed by atoms with E-state index in [9.17, 15) is 0 Å². The zero-order chi connectivity index (χ0) is 44.8. The van der Waals surface area contributed by atoms with Crippen molar-refractivity contribution >= 4 is 120 Å². The van der Waals surface area contributed by atoms with Crippen LogP contribution in [0.1, 0.15) is 52.7 Å². The molecule has 15 aromatic rings. The molecule has 0 amide bonds. The lowest BCUT2D eigenvalue weighted by Crippen LogP contribution is -2.11. The number of para-hydroxylation sites is 2. The summed E-state index contributed by atoms with van der Waals surface area (Å²) in [5, 5.41) is 14.7. The number of hydrogen-bond donors (Lipinski definition) is 0. The maximum atomic E-state index is 5.92. The molecule has 0 saturated heterocycles. The second-order valence-electron chi connectivity index (χ2n) is 21.1.